The van der Waals surface area contributed by atoms with E-state index in [4.69, 9.17) is 16.3 Å². The molecule has 1 heterocycles. The predicted octanol–water partition coefficient (Wildman–Crippen LogP) is 1.57. The van der Waals surface area contributed by atoms with Crippen molar-refractivity contribution in [2.45, 2.75) is 12.5 Å². The fourth-order valence-electron chi connectivity index (χ4n) is 2.11. The number of rotatable bonds is 3. The third-order valence-corrected chi connectivity index (χ3v) is 3.49. The first-order valence-corrected chi connectivity index (χ1v) is 6.10. The van der Waals surface area contributed by atoms with Gasteiger partial charge in [-0.1, -0.05) is 15.9 Å². The van der Waals surface area contributed by atoms with Crippen LogP contribution in [0.1, 0.15) is 18.0 Å². The zero-order chi connectivity index (χ0) is 11.5. The molecule has 5 heteroatoms. The zero-order valence-corrected chi connectivity index (χ0v) is 10.5. The van der Waals surface area contributed by atoms with Gasteiger partial charge in [0.25, 0.3) is 0 Å². The van der Waals surface area contributed by atoms with Gasteiger partial charge >= 0.3 is 0 Å². The normalized spacial score (nSPS) is 22.2. The number of nitrogen functional groups attached to an aromatic ring is 1. The van der Waals surface area contributed by atoms with Crippen molar-refractivity contribution >= 4 is 21.6 Å². The molecule has 16 heavy (non-hydrogen) atoms. The van der Waals surface area contributed by atoms with Crippen LogP contribution in [0.2, 0.25) is 0 Å². The number of hydrogen-bond donors (Lipinski definition) is 3. The Morgan fingerprint density at radius 3 is 2.94 bits per heavy atom. The molecule has 4 nitrogen and oxygen atoms in total. The number of nitrogens with one attached hydrogen (secondary N) is 1. The van der Waals surface area contributed by atoms with Crippen LogP contribution in [0, 0.1) is 5.92 Å². The highest BCUT2D eigenvalue weighted by Crippen LogP contribution is 2.32. The first kappa shape index (κ1) is 11.9. The summed E-state index contributed by atoms with van der Waals surface area (Å²) in [5.74, 6) is 6.02. The highest BCUT2D eigenvalue weighted by Gasteiger charge is 2.27. The number of halogens is 1. The summed E-state index contributed by atoms with van der Waals surface area (Å²) in [6.45, 7) is 1.54. The summed E-state index contributed by atoms with van der Waals surface area (Å²) in [6, 6.07) is 5.88. The summed E-state index contributed by atoms with van der Waals surface area (Å²) < 4.78 is 6.39. The van der Waals surface area contributed by atoms with Crippen LogP contribution in [0.4, 0.5) is 5.69 Å². The lowest BCUT2D eigenvalue weighted by Crippen LogP contribution is -2.34. The molecular weight excluding hydrogens is 270 g/mol. The SMILES string of the molecule is NNC(c1cc(Br)ccc1N)C1CCOC1. The van der Waals surface area contributed by atoms with Gasteiger partial charge in [0.1, 0.15) is 0 Å². The van der Waals surface area contributed by atoms with Crippen molar-refractivity contribution in [1.82, 2.24) is 5.43 Å². The standard InChI is InChI=1S/C11H16BrN3O/c12-8-1-2-10(13)9(5-8)11(15-14)7-3-4-16-6-7/h1-2,5,7,11,15H,3-4,6,13-14H2. The monoisotopic (exact) mass is 285 g/mol. The van der Waals surface area contributed by atoms with E-state index in [1.165, 1.54) is 0 Å². The zero-order valence-electron chi connectivity index (χ0n) is 8.95. The molecule has 0 aromatic heterocycles. The Morgan fingerprint density at radius 2 is 2.31 bits per heavy atom. The third-order valence-electron chi connectivity index (χ3n) is 3.00. The Kier molecular flexibility index (Phi) is 3.81. The van der Waals surface area contributed by atoms with Gasteiger partial charge in [-0.3, -0.25) is 11.3 Å². The molecule has 0 bridgehead atoms. The second-order valence-corrected chi connectivity index (χ2v) is 4.96. The molecule has 88 valence electrons. The smallest absolute Gasteiger partial charge is 0.0531 e. The maximum atomic E-state index is 5.98. The quantitative estimate of drug-likeness (QED) is 0.448. The van der Waals surface area contributed by atoms with E-state index in [1.807, 2.05) is 18.2 Å². The molecule has 0 radical (unpaired) electrons. The number of nitrogens with two attached hydrogens (primary N) is 2. The molecule has 2 unspecified atom stereocenters. The van der Waals surface area contributed by atoms with Crippen LogP contribution in [0.15, 0.2) is 22.7 Å². The molecule has 1 aliphatic rings. The van der Waals surface area contributed by atoms with Gasteiger partial charge in [0.15, 0.2) is 0 Å². The average molecular weight is 286 g/mol. The minimum Gasteiger partial charge on any atom is -0.398 e. The van der Waals surface area contributed by atoms with Crippen molar-refractivity contribution < 1.29 is 4.74 Å². The van der Waals surface area contributed by atoms with E-state index in [0.29, 0.717) is 5.92 Å². The summed E-state index contributed by atoms with van der Waals surface area (Å²) in [6.07, 6.45) is 1.01. The Bertz CT molecular complexity index is 366. The van der Waals surface area contributed by atoms with Crippen molar-refractivity contribution in [3.8, 4) is 0 Å². The largest absolute Gasteiger partial charge is 0.398 e. The molecule has 2 atom stereocenters. The Labute approximate surface area is 103 Å². The summed E-state index contributed by atoms with van der Waals surface area (Å²) in [5, 5.41) is 0. The first-order chi connectivity index (χ1) is 7.72. The van der Waals surface area contributed by atoms with Gasteiger partial charge in [0, 0.05) is 22.7 Å². The second kappa shape index (κ2) is 5.14. The van der Waals surface area contributed by atoms with Crippen molar-refractivity contribution in [2.24, 2.45) is 11.8 Å². The number of ether oxygens (including phenoxy) is 1. The summed E-state index contributed by atoms with van der Waals surface area (Å²) in [7, 11) is 0. The molecule has 1 aliphatic heterocycles. The minimum absolute atomic E-state index is 0.0556. The van der Waals surface area contributed by atoms with Crippen molar-refractivity contribution in [1.29, 1.82) is 0 Å². The fourth-order valence-corrected chi connectivity index (χ4v) is 2.49. The van der Waals surface area contributed by atoms with Crippen LogP contribution in [0.25, 0.3) is 0 Å². The van der Waals surface area contributed by atoms with Crippen molar-refractivity contribution in [3.63, 3.8) is 0 Å². The molecule has 0 aliphatic carbocycles. The third kappa shape index (κ3) is 2.38. The number of anilines is 1. The maximum absolute atomic E-state index is 5.98. The molecular formula is C11H16BrN3O. The Morgan fingerprint density at radius 1 is 1.50 bits per heavy atom. The minimum atomic E-state index is 0.0556. The number of hydrogen-bond acceptors (Lipinski definition) is 4. The van der Waals surface area contributed by atoms with Crippen LogP contribution in [-0.2, 0) is 4.74 Å². The number of hydrazine groups is 1. The van der Waals surface area contributed by atoms with E-state index >= 15 is 0 Å². The lowest BCUT2D eigenvalue weighted by molar-refractivity contribution is 0.177. The van der Waals surface area contributed by atoms with Gasteiger partial charge in [0.05, 0.1) is 12.6 Å². The van der Waals surface area contributed by atoms with E-state index in [0.717, 1.165) is 35.4 Å². The highest BCUT2D eigenvalue weighted by molar-refractivity contribution is 9.10. The summed E-state index contributed by atoms with van der Waals surface area (Å²) in [4.78, 5) is 0. The van der Waals surface area contributed by atoms with Crippen LogP contribution < -0.4 is 17.0 Å². The van der Waals surface area contributed by atoms with E-state index in [-0.39, 0.29) is 6.04 Å². The topological polar surface area (TPSA) is 73.3 Å². The van der Waals surface area contributed by atoms with Crippen LogP contribution in [-0.4, -0.2) is 13.2 Å². The van der Waals surface area contributed by atoms with Gasteiger partial charge < -0.3 is 10.5 Å². The molecule has 1 aromatic carbocycles. The van der Waals surface area contributed by atoms with E-state index in [2.05, 4.69) is 21.4 Å². The lowest BCUT2D eigenvalue weighted by Gasteiger charge is -2.23. The molecule has 1 saturated heterocycles. The van der Waals surface area contributed by atoms with Gasteiger partial charge in [-0.05, 0) is 30.2 Å². The molecule has 1 aromatic rings. The van der Waals surface area contributed by atoms with Crippen LogP contribution in [0.5, 0.6) is 0 Å². The van der Waals surface area contributed by atoms with Gasteiger partial charge in [0.2, 0.25) is 0 Å². The van der Waals surface area contributed by atoms with Crippen LogP contribution >= 0.6 is 15.9 Å². The van der Waals surface area contributed by atoms with E-state index < -0.39 is 0 Å². The summed E-state index contributed by atoms with van der Waals surface area (Å²) >= 11 is 3.45. The molecule has 2 rings (SSSR count). The fraction of sp³-hybridized carbons (Fsp3) is 0.455. The van der Waals surface area contributed by atoms with Crippen molar-refractivity contribution in [3.05, 3.63) is 28.2 Å². The molecule has 0 amide bonds. The average Bonchev–Trinajstić information content (AvgIpc) is 2.78. The van der Waals surface area contributed by atoms with Gasteiger partial charge in [-0.15, -0.1) is 0 Å². The molecule has 1 fully saturated rings. The Hall–Kier alpha value is -0.620. The lowest BCUT2D eigenvalue weighted by atomic mass is 9.92. The van der Waals surface area contributed by atoms with Gasteiger partial charge in [-0.2, -0.15) is 0 Å². The predicted molar refractivity (Wildman–Crippen MR) is 67.5 cm³/mol. The number of benzene rings is 1. The molecule has 0 spiro atoms. The van der Waals surface area contributed by atoms with E-state index in [9.17, 15) is 0 Å². The second-order valence-electron chi connectivity index (χ2n) is 4.04. The maximum Gasteiger partial charge on any atom is 0.0531 e. The highest BCUT2D eigenvalue weighted by atomic mass is 79.9. The van der Waals surface area contributed by atoms with Crippen LogP contribution in [0.3, 0.4) is 0 Å². The molecule has 0 saturated carbocycles. The van der Waals surface area contributed by atoms with Crippen molar-refractivity contribution in [2.75, 3.05) is 18.9 Å². The van der Waals surface area contributed by atoms with Gasteiger partial charge in [-0.25, -0.2) is 0 Å². The summed E-state index contributed by atoms with van der Waals surface area (Å²) in [5.41, 5.74) is 10.6. The molecule has 5 N–H and O–H groups in total. The Balaban J connectivity index is 2.28. The first-order valence-electron chi connectivity index (χ1n) is 5.31. The van der Waals surface area contributed by atoms with E-state index in [1.54, 1.807) is 0 Å².